The molecule has 5 heteroatoms. The van der Waals surface area contributed by atoms with E-state index in [0.29, 0.717) is 6.04 Å². The summed E-state index contributed by atoms with van der Waals surface area (Å²) in [4.78, 5) is 6.58. The largest absolute Gasteiger partial charge is 0.379 e. The fourth-order valence-corrected chi connectivity index (χ4v) is 2.42. The average Bonchev–Trinajstić information content (AvgIpc) is 2.43. The zero-order chi connectivity index (χ0) is 13.7. The van der Waals surface area contributed by atoms with E-state index in [1.165, 1.54) is 12.3 Å². The van der Waals surface area contributed by atoms with E-state index < -0.39 is 0 Å². The highest BCUT2D eigenvalue weighted by molar-refractivity contribution is 5.09. The molecule has 106 valence electrons. The molecule has 0 bridgehead atoms. The van der Waals surface area contributed by atoms with Crippen molar-refractivity contribution >= 4 is 0 Å². The molecule has 1 saturated heterocycles. The molecule has 1 aliphatic heterocycles. The lowest BCUT2D eigenvalue weighted by atomic mass is 10.1. The second-order valence-corrected chi connectivity index (χ2v) is 4.99. The molecule has 1 aromatic heterocycles. The van der Waals surface area contributed by atoms with E-state index in [0.717, 1.165) is 38.4 Å². The number of nitrogens with one attached hydrogen (secondary N) is 1. The van der Waals surface area contributed by atoms with Crippen LogP contribution in [-0.2, 0) is 4.74 Å². The summed E-state index contributed by atoms with van der Waals surface area (Å²) < 4.78 is 18.3. The van der Waals surface area contributed by atoms with Crippen molar-refractivity contribution in [1.82, 2.24) is 15.2 Å². The van der Waals surface area contributed by atoms with E-state index in [1.807, 2.05) is 7.05 Å². The number of aromatic nitrogens is 1. The van der Waals surface area contributed by atoms with Gasteiger partial charge in [-0.25, -0.2) is 4.39 Å². The van der Waals surface area contributed by atoms with Crippen LogP contribution in [0, 0.1) is 5.82 Å². The SMILES string of the molecule is CNC(CCN1CCOCC1C)c1ccc(F)cn1. The highest BCUT2D eigenvalue weighted by atomic mass is 19.1. The first-order valence-electron chi connectivity index (χ1n) is 6.81. The van der Waals surface area contributed by atoms with E-state index in [-0.39, 0.29) is 11.9 Å². The molecule has 0 amide bonds. The average molecular weight is 267 g/mol. The Morgan fingerprint density at radius 3 is 3.05 bits per heavy atom. The smallest absolute Gasteiger partial charge is 0.141 e. The quantitative estimate of drug-likeness (QED) is 0.879. The molecule has 2 rings (SSSR count). The van der Waals surface area contributed by atoms with Gasteiger partial charge in [-0.05, 0) is 32.5 Å². The minimum Gasteiger partial charge on any atom is -0.379 e. The molecule has 1 aliphatic rings. The topological polar surface area (TPSA) is 37.4 Å². The van der Waals surface area contributed by atoms with Gasteiger partial charge in [0.15, 0.2) is 0 Å². The maximum atomic E-state index is 12.9. The molecule has 0 saturated carbocycles. The van der Waals surface area contributed by atoms with Crippen molar-refractivity contribution in [1.29, 1.82) is 0 Å². The maximum Gasteiger partial charge on any atom is 0.141 e. The number of halogens is 1. The van der Waals surface area contributed by atoms with Crippen LogP contribution in [-0.4, -0.2) is 49.3 Å². The summed E-state index contributed by atoms with van der Waals surface area (Å²) >= 11 is 0. The van der Waals surface area contributed by atoms with Crippen LogP contribution in [0.1, 0.15) is 25.1 Å². The summed E-state index contributed by atoms with van der Waals surface area (Å²) in [6, 6.07) is 3.84. The summed E-state index contributed by atoms with van der Waals surface area (Å²) in [6.45, 7) is 5.77. The van der Waals surface area contributed by atoms with Gasteiger partial charge in [0.25, 0.3) is 0 Å². The molecule has 0 aliphatic carbocycles. The molecular formula is C14H22FN3O. The molecule has 2 heterocycles. The molecule has 0 radical (unpaired) electrons. The Kier molecular flexibility index (Phi) is 5.24. The standard InChI is InChI=1S/C14H22FN3O/c1-11-10-19-8-7-18(11)6-5-13(16-2)14-4-3-12(15)9-17-14/h3-4,9,11,13,16H,5-8,10H2,1-2H3. The van der Waals surface area contributed by atoms with E-state index in [4.69, 9.17) is 4.74 Å². The van der Waals surface area contributed by atoms with Gasteiger partial charge in [0.2, 0.25) is 0 Å². The number of nitrogens with zero attached hydrogens (tertiary/aromatic N) is 2. The Labute approximate surface area is 114 Å². The normalized spacial score (nSPS) is 22.4. The number of hydrogen-bond acceptors (Lipinski definition) is 4. The summed E-state index contributed by atoms with van der Waals surface area (Å²) in [5.41, 5.74) is 0.893. The predicted molar refractivity (Wildman–Crippen MR) is 72.5 cm³/mol. The van der Waals surface area contributed by atoms with Gasteiger partial charge in [0, 0.05) is 19.1 Å². The third-order valence-electron chi connectivity index (χ3n) is 3.67. The van der Waals surface area contributed by atoms with Crippen LogP contribution >= 0.6 is 0 Å². The van der Waals surface area contributed by atoms with Crippen molar-refractivity contribution in [3.8, 4) is 0 Å². The highest BCUT2D eigenvalue weighted by Gasteiger charge is 2.20. The van der Waals surface area contributed by atoms with Gasteiger partial charge >= 0.3 is 0 Å². The Balaban J connectivity index is 1.90. The van der Waals surface area contributed by atoms with E-state index in [1.54, 1.807) is 6.07 Å². The lowest BCUT2D eigenvalue weighted by Crippen LogP contribution is -2.44. The molecule has 2 atom stereocenters. The van der Waals surface area contributed by atoms with Crippen molar-refractivity contribution in [2.24, 2.45) is 0 Å². The first-order valence-corrected chi connectivity index (χ1v) is 6.81. The molecular weight excluding hydrogens is 245 g/mol. The van der Waals surface area contributed by atoms with Crippen molar-refractivity contribution < 1.29 is 9.13 Å². The van der Waals surface area contributed by atoms with Crippen LogP contribution in [0.5, 0.6) is 0 Å². The predicted octanol–water partition coefficient (Wildman–Crippen LogP) is 1.59. The molecule has 0 aromatic carbocycles. The van der Waals surface area contributed by atoms with Crippen LogP contribution in [0.3, 0.4) is 0 Å². The lowest BCUT2D eigenvalue weighted by Gasteiger charge is -2.34. The fourth-order valence-electron chi connectivity index (χ4n) is 2.42. The van der Waals surface area contributed by atoms with Crippen LogP contribution in [0.2, 0.25) is 0 Å². The maximum absolute atomic E-state index is 12.9. The summed E-state index contributed by atoms with van der Waals surface area (Å²) in [6.07, 6.45) is 2.23. The zero-order valence-corrected chi connectivity index (χ0v) is 11.6. The molecule has 1 fully saturated rings. The molecule has 0 spiro atoms. The van der Waals surface area contributed by atoms with Crippen molar-refractivity contribution in [3.63, 3.8) is 0 Å². The van der Waals surface area contributed by atoms with Gasteiger partial charge < -0.3 is 10.1 Å². The summed E-state index contributed by atoms with van der Waals surface area (Å²) in [5.74, 6) is -0.291. The van der Waals surface area contributed by atoms with Crippen LogP contribution in [0.25, 0.3) is 0 Å². The second kappa shape index (κ2) is 6.93. The number of morpholine rings is 1. The highest BCUT2D eigenvalue weighted by Crippen LogP contribution is 2.16. The summed E-state index contributed by atoms with van der Waals surface area (Å²) in [7, 11) is 1.92. The van der Waals surface area contributed by atoms with Crippen molar-refractivity contribution in [3.05, 3.63) is 29.8 Å². The van der Waals surface area contributed by atoms with Gasteiger partial charge in [0.1, 0.15) is 5.82 Å². The first kappa shape index (κ1) is 14.4. The van der Waals surface area contributed by atoms with Crippen LogP contribution in [0.4, 0.5) is 4.39 Å². The van der Waals surface area contributed by atoms with Crippen LogP contribution in [0.15, 0.2) is 18.3 Å². The first-order chi connectivity index (χ1) is 9.20. The Morgan fingerprint density at radius 1 is 1.58 bits per heavy atom. The monoisotopic (exact) mass is 267 g/mol. The molecule has 19 heavy (non-hydrogen) atoms. The Hall–Kier alpha value is -1.04. The number of hydrogen-bond donors (Lipinski definition) is 1. The number of pyridine rings is 1. The molecule has 1 aromatic rings. The third-order valence-corrected chi connectivity index (χ3v) is 3.67. The summed E-state index contributed by atoms with van der Waals surface area (Å²) in [5, 5.41) is 3.25. The minimum absolute atomic E-state index is 0.163. The number of rotatable bonds is 5. The third kappa shape index (κ3) is 3.96. The van der Waals surface area contributed by atoms with E-state index >= 15 is 0 Å². The van der Waals surface area contributed by atoms with E-state index in [2.05, 4.69) is 22.1 Å². The molecule has 2 unspecified atom stereocenters. The molecule has 1 N–H and O–H groups in total. The minimum atomic E-state index is -0.291. The van der Waals surface area contributed by atoms with Crippen molar-refractivity contribution in [2.75, 3.05) is 33.4 Å². The number of ether oxygens (including phenoxy) is 1. The van der Waals surface area contributed by atoms with Gasteiger partial charge in [-0.1, -0.05) is 0 Å². The Bertz CT molecular complexity index is 385. The fraction of sp³-hybridized carbons (Fsp3) is 0.643. The van der Waals surface area contributed by atoms with Crippen molar-refractivity contribution in [2.45, 2.75) is 25.4 Å². The van der Waals surface area contributed by atoms with Gasteiger partial charge in [-0.15, -0.1) is 0 Å². The lowest BCUT2D eigenvalue weighted by molar-refractivity contribution is -0.00178. The molecule has 4 nitrogen and oxygen atoms in total. The van der Waals surface area contributed by atoms with Gasteiger partial charge in [-0.3, -0.25) is 9.88 Å². The zero-order valence-electron chi connectivity index (χ0n) is 11.6. The van der Waals surface area contributed by atoms with Gasteiger partial charge in [-0.2, -0.15) is 0 Å². The van der Waals surface area contributed by atoms with E-state index in [9.17, 15) is 4.39 Å². The second-order valence-electron chi connectivity index (χ2n) is 4.99. The van der Waals surface area contributed by atoms with Crippen LogP contribution < -0.4 is 5.32 Å². The van der Waals surface area contributed by atoms with Gasteiger partial charge in [0.05, 0.1) is 31.1 Å². The Morgan fingerprint density at radius 2 is 2.42 bits per heavy atom.